The first-order valence-electron chi connectivity index (χ1n) is 6.18. The first-order chi connectivity index (χ1) is 9.90. The Morgan fingerprint density at radius 3 is 2.24 bits per heavy atom. The molecule has 2 aromatic carbocycles. The van der Waals surface area contributed by atoms with Crippen LogP contribution in [-0.2, 0) is 12.7 Å². The van der Waals surface area contributed by atoms with Crippen molar-refractivity contribution in [3.05, 3.63) is 58.1 Å². The van der Waals surface area contributed by atoms with Crippen LogP contribution in [0.25, 0.3) is 0 Å². The number of hydrogen-bond donors (Lipinski definition) is 1. The maximum Gasteiger partial charge on any atom is 0.416 e. The van der Waals surface area contributed by atoms with Gasteiger partial charge in [0.2, 0.25) is 0 Å². The van der Waals surface area contributed by atoms with Gasteiger partial charge in [-0.25, -0.2) is 0 Å². The van der Waals surface area contributed by atoms with Crippen LogP contribution in [0, 0.1) is 0 Å². The molecule has 0 aromatic heterocycles. The van der Waals surface area contributed by atoms with Crippen LogP contribution in [0.3, 0.4) is 0 Å². The summed E-state index contributed by atoms with van der Waals surface area (Å²) in [6, 6.07) is 10.9. The van der Waals surface area contributed by atoms with E-state index >= 15 is 0 Å². The molecule has 0 bridgehead atoms. The van der Waals surface area contributed by atoms with E-state index in [1.165, 1.54) is 12.1 Å². The fourth-order valence-electron chi connectivity index (χ4n) is 1.87. The minimum Gasteiger partial charge on any atom is -0.457 e. The quantitative estimate of drug-likeness (QED) is 0.831. The number of alkyl halides is 3. The van der Waals surface area contributed by atoms with Gasteiger partial charge in [-0.05, 0) is 49.0 Å². The lowest BCUT2D eigenvalue weighted by Gasteiger charge is -2.15. The van der Waals surface area contributed by atoms with Gasteiger partial charge >= 0.3 is 6.18 Å². The van der Waals surface area contributed by atoms with Gasteiger partial charge in [0.15, 0.2) is 0 Å². The van der Waals surface area contributed by atoms with Gasteiger partial charge in [0.25, 0.3) is 0 Å². The lowest BCUT2D eigenvalue weighted by atomic mass is 10.1. The van der Waals surface area contributed by atoms with E-state index in [-0.39, 0.29) is 17.9 Å². The van der Waals surface area contributed by atoms with Crippen LogP contribution in [0.1, 0.15) is 11.1 Å². The van der Waals surface area contributed by atoms with E-state index in [1.807, 2.05) is 0 Å². The fraction of sp³-hybridized carbons (Fsp3) is 0.200. The number of hydrogen-bond acceptors (Lipinski definition) is 2. The van der Waals surface area contributed by atoms with Crippen molar-refractivity contribution in [2.45, 2.75) is 12.7 Å². The zero-order valence-corrected chi connectivity index (χ0v) is 12.8. The highest BCUT2D eigenvalue weighted by Crippen LogP contribution is 2.35. The summed E-state index contributed by atoms with van der Waals surface area (Å²) >= 11 is 3.28. The maximum absolute atomic E-state index is 13.1. The van der Waals surface area contributed by atoms with Crippen LogP contribution in [0.2, 0.25) is 0 Å². The van der Waals surface area contributed by atoms with Gasteiger partial charge in [-0.3, -0.25) is 0 Å². The zero-order chi connectivity index (χ0) is 15.5. The van der Waals surface area contributed by atoms with E-state index in [9.17, 15) is 13.2 Å². The number of ether oxygens (including phenoxy) is 1. The van der Waals surface area contributed by atoms with Gasteiger partial charge in [0, 0.05) is 11.0 Å². The van der Waals surface area contributed by atoms with Gasteiger partial charge in [0.05, 0.1) is 5.56 Å². The Bertz CT molecular complexity index is 611. The van der Waals surface area contributed by atoms with Crippen molar-refractivity contribution in [3.8, 4) is 11.5 Å². The molecule has 112 valence electrons. The Kier molecular flexibility index (Phi) is 4.90. The lowest BCUT2D eigenvalue weighted by molar-refractivity contribution is -0.138. The van der Waals surface area contributed by atoms with Crippen molar-refractivity contribution in [2.24, 2.45) is 0 Å². The highest BCUT2D eigenvalue weighted by molar-refractivity contribution is 9.10. The molecular weight excluding hydrogens is 347 g/mol. The summed E-state index contributed by atoms with van der Waals surface area (Å²) < 4.78 is 45.5. The summed E-state index contributed by atoms with van der Waals surface area (Å²) in [5.41, 5.74) is -0.500. The second-order valence-corrected chi connectivity index (χ2v) is 5.32. The highest BCUT2D eigenvalue weighted by atomic mass is 79.9. The molecule has 6 heteroatoms. The summed E-state index contributed by atoms with van der Waals surface area (Å²) in [7, 11) is 1.60. The Morgan fingerprint density at radius 1 is 1.05 bits per heavy atom. The minimum atomic E-state index is -4.41. The molecule has 1 N–H and O–H groups in total. The van der Waals surface area contributed by atoms with E-state index in [1.54, 1.807) is 31.3 Å². The summed E-state index contributed by atoms with van der Waals surface area (Å²) in [6.07, 6.45) is -4.41. The molecule has 0 saturated carbocycles. The van der Waals surface area contributed by atoms with E-state index in [0.29, 0.717) is 5.75 Å². The lowest BCUT2D eigenvalue weighted by Crippen LogP contribution is -2.14. The summed E-state index contributed by atoms with van der Waals surface area (Å²) in [5, 5.41) is 2.73. The van der Waals surface area contributed by atoms with E-state index < -0.39 is 11.7 Å². The molecule has 0 spiro atoms. The molecule has 0 amide bonds. The molecule has 0 aliphatic rings. The molecule has 0 atom stereocenters. The van der Waals surface area contributed by atoms with Gasteiger partial charge < -0.3 is 10.1 Å². The SMILES string of the molecule is CNCc1ccc(Oc2ccc(Br)cc2)cc1C(F)(F)F. The van der Waals surface area contributed by atoms with Crippen LogP contribution >= 0.6 is 15.9 Å². The third kappa shape index (κ3) is 4.22. The van der Waals surface area contributed by atoms with Crippen molar-refractivity contribution in [1.29, 1.82) is 0 Å². The molecule has 2 nitrogen and oxygen atoms in total. The van der Waals surface area contributed by atoms with Crippen LogP contribution < -0.4 is 10.1 Å². The monoisotopic (exact) mass is 359 g/mol. The molecule has 0 aliphatic heterocycles. The van der Waals surface area contributed by atoms with E-state index in [2.05, 4.69) is 21.2 Å². The van der Waals surface area contributed by atoms with Crippen molar-refractivity contribution in [1.82, 2.24) is 5.32 Å². The second kappa shape index (κ2) is 6.49. The summed E-state index contributed by atoms with van der Waals surface area (Å²) in [6.45, 7) is 0.146. The standard InChI is InChI=1S/C15H13BrF3NO/c1-20-9-10-2-5-13(8-14(10)15(17,18)19)21-12-6-3-11(16)4-7-12/h2-8,20H,9H2,1H3. The maximum atomic E-state index is 13.1. The van der Waals surface area contributed by atoms with E-state index in [0.717, 1.165) is 10.5 Å². The molecule has 2 rings (SSSR count). The number of halogens is 4. The van der Waals surface area contributed by atoms with Gasteiger partial charge in [0.1, 0.15) is 11.5 Å². The Labute approximate surface area is 129 Å². The molecular formula is C15H13BrF3NO. The molecule has 0 aliphatic carbocycles. The van der Waals surface area contributed by atoms with Crippen LogP contribution in [-0.4, -0.2) is 7.05 Å². The Morgan fingerprint density at radius 2 is 1.67 bits per heavy atom. The van der Waals surface area contributed by atoms with Crippen molar-refractivity contribution in [2.75, 3.05) is 7.05 Å². The Hall–Kier alpha value is -1.53. The second-order valence-electron chi connectivity index (χ2n) is 4.40. The molecule has 21 heavy (non-hydrogen) atoms. The molecule has 0 saturated heterocycles. The van der Waals surface area contributed by atoms with Crippen LogP contribution in [0.4, 0.5) is 13.2 Å². The molecule has 0 fully saturated rings. The number of nitrogens with one attached hydrogen (secondary N) is 1. The first kappa shape index (κ1) is 15.9. The number of rotatable bonds is 4. The average Bonchev–Trinajstić information content (AvgIpc) is 2.42. The smallest absolute Gasteiger partial charge is 0.416 e. The topological polar surface area (TPSA) is 21.3 Å². The van der Waals surface area contributed by atoms with Gasteiger partial charge in [-0.1, -0.05) is 22.0 Å². The third-order valence-corrected chi connectivity index (χ3v) is 3.33. The summed E-state index contributed by atoms with van der Waals surface area (Å²) in [5.74, 6) is 0.636. The zero-order valence-electron chi connectivity index (χ0n) is 11.2. The largest absolute Gasteiger partial charge is 0.457 e. The fourth-order valence-corrected chi connectivity index (χ4v) is 2.13. The number of benzene rings is 2. The van der Waals surface area contributed by atoms with Crippen LogP contribution in [0.5, 0.6) is 11.5 Å². The van der Waals surface area contributed by atoms with Gasteiger partial charge in [-0.2, -0.15) is 13.2 Å². The minimum absolute atomic E-state index is 0.146. The van der Waals surface area contributed by atoms with Crippen molar-refractivity contribution < 1.29 is 17.9 Å². The molecule has 0 unspecified atom stereocenters. The third-order valence-electron chi connectivity index (χ3n) is 2.80. The molecule has 0 heterocycles. The predicted octanol–water partition coefficient (Wildman–Crippen LogP) is 4.98. The molecule has 2 aromatic rings. The van der Waals surface area contributed by atoms with E-state index in [4.69, 9.17) is 4.74 Å². The normalized spacial score (nSPS) is 11.5. The first-order valence-corrected chi connectivity index (χ1v) is 6.97. The highest BCUT2D eigenvalue weighted by Gasteiger charge is 2.33. The molecule has 0 radical (unpaired) electrons. The van der Waals surface area contributed by atoms with Crippen molar-refractivity contribution in [3.63, 3.8) is 0 Å². The average molecular weight is 360 g/mol. The Balaban J connectivity index is 2.31. The van der Waals surface area contributed by atoms with Gasteiger partial charge in [-0.15, -0.1) is 0 Å². The van der Waals surface area contributed by atoms with Crippen LogP contribution in [0.15, 0.2) is 46.9 Å². The summed E-state index contributed by atoms with van der Waals surface area (Å²) in [4.78, 5) is 0. The predicted molar refractivity (Wildman–Crippen MR) is 78.4 cm³/mol. The van der Waals surface area contributed by atoms with Crippen molar-refractivity contribution >= 4 is 15.9 Å².